The molecule has 2 aromatic rings. The zero-order valence-corrected chi connectivity index (χ0v) is 13.9. The number of amides is 1. The van der Waals surface area contributed by atoms with Gasteiger partial charge in [0.1, 0.15) is 11.6 Å². The third kappa shape index (κ3) is 4.03. The highest BCUT2D eigenvalue weighted by Crippen LogP contribution is 2.26. The SMILES string of the molecule is CC1CCN(C(CNC(=O)c2ccc(F)cc2)c2ccco2)CC1. The maximum atomic E-state index is 13.0. The first-order valence-corrected chi connectivity index (χ1v) is 8.44. The van der Waals surface area contributed by atoms with Crippen LogP contribution in [-0.4, -0.2) is 30.4 Å². The van der Waals surface area contributed by atoms with Crippen molar-refractivity contribution in [3.8, 4) is 0 Å². The van der Waals surface area contributed by atoms with E-state index >= 15 is 0 Å². The van der Waals surface area contributed by atoms with Crippen LogP contribution >= 0.6 is 0 Å². The van der Waals surface area contributed by atoms with Crippen LogP contribution in [0.15, 0.2) is 47.1 Å². The Hall–Kier alpha value is -2.14. The monoisotopic (exact) mass is 330 g/mol. The van der Waals surface area contributed by atoms with Crippen molar-refractivity contribution >= 4 is 5.91 Å². The minimum absolute atomic E-state index is 0.0249. The molecule has 4 nitrogen and oxygen atoms in total. The second kappa shape index (κ2) is 7.62. The topological polar surface area (TPSA) is 45.5 Å². The summed E-state index contributed by atoms with van der Waals surface area (Å²) in [6.45, 7) is 4.74. The van der Waals surface area contributed by atoms with Crippen molar-refractivity contribution in [2.75, 3.05) is 19.6 Å². The molecule has 1 aliphatic rings. The minimum Gasteiger partial charge on any atom is -0.468 e. The Morgan fingerprint density at radius 2 is 2.00 bits per heavy atom. The first-order chi connectivity index (χ1) is 11.6. The lowest BCUT2D eigenvalue weighted by atomic mass is 9.97. The lowest BCUT2D eigenvalue weighted by Crippen LogP contribution is -2.41. The van der Waals surface area contributed by atoms with Gasteiger partial charge in [0.2, 0.25) is 0 Å². The van der Waals surface area contributed by atoms with E-state index in [9.17, 15) is 9.18 Å². The van der Waals surface area contributed by atoms with Gasteiger partial charge in [0.15, 0.2) is 0 Å². The average molecular weight is 330 g/mol. The molecule has 3 rings (SSSR count). The minimum atomic E-state index is -0.345. The van der Waals surface area contributed by atoms with Gasteiger partial charge in [-0.3, -0.25) is 9.69 Å². The zero-order valence-electron chi connectivity index (χ0n) is 13.9. The number of piperidine rings is 1. The van der Waals surface area contributed by atoms with Crippen molar-refractivity contribution in [1.29, 1.82) is 0 Å². The normalized spacial score (nSPS) is 17.6. The maximum absolute atomic E-state index is 13.0. The van der Waals surface area contributed by atoms with Crippen LogP contribution in [-0.2, 0) is 0 Å². The smallest absolute Gasteiger partial charge is 0.251 e. The fourth-order valence-corrected chi connectivity index (χ4v) is 3.12. The third-order valence-electron chi connectivity index (χ3n) is 4.69. The molecule has 0 radical (unpaired) electrons. The molecule has 1 saturated heterocycles. The van der Waals surface area contributed by atoms with E-state index in [1.165, 1.54) is 24.3 Å². The summed E-state index contributed by atoms with van der Waals surface area (Å²) in [4.78, 5) is 14.6. The van der Waals surface area contributed by atoms with Gasteiger partial charge in [-0.2, -0.15) is 0 Å². The van der Waals surface area contributed by atoms with Crippen molar-refractivity contribution in [1.82, 2.24) is 10.2 Å². The van der Waals surface area contributed by atoms with Gasteiger partial charge in [0.05, 0.1) is 12.3 Å². The van der Waals surface area contributed by atoms with Gasteiger partial charge in [-0.1, -0.05) is 6.92 Å². The van der Waals surface area contributed by atoms with Crippen LogP contribution in [0.2, 0.25) is 0 Å². The van der Waals surface area contributed by atoms with Crippen LogP contribution in [0.25, 0.3) is 0 Å². The molecule has 1 aliphatic heterocycles. The highest BCUT2D eigenvalue weighted by molar-refractivity contribution is 5.94. The molecule has 1 aromatic heterocycles. The molecule has 1 fully saturated rings. The Balaban J connectivity index is 1.66. The Morgan fingerprint density at radius 1 is 1.29 bits per heavy atom. The predicted octanol–water partition coefficient (Wildman–Crippen LogP) is 3.62. The van der Waals surface area contributed by atoms with Crippen molar-refractivity contribution < 1.29 is 13.6 Å². The summed E-state index contributed by atoms with van der Waals surface area (Å²) in [5, 5.41) is 2.95. The molecule has 0 saturated carbocycles. The first-order valence-electron chi connectivity index (χ1n) is 8.44. The summed E-state index contributed by atoms with van der Waals surface area (Å²) in [5.74, 6) is 1.07. The van der Waals surface area contributed by atoms with Gasteiger partial charge in [0, 0.05) is 12.1 Å². The predicted molar refractivity (Wildman–Crippen MR) is 90.2 cm³/mol. The number of hydrogen-bond donors (Lipinski definition) is 1. The molecular weight excluding hydrogens is 307 g/mol. The molecule has 1 N–H and O–H groups in total. The van der Waals surface area contributed by atoms with Crippen LogP contribution in [0.5, 0.6) is 0 Å². The number of halogens is 1. The fourth-order valence-electron chi connectivity index (χ4n) is 3.12. The quantitative estimate of drug-likeness (QED) is 0.911. The molecule has 1 unspecified atom stereocenters. The van der Waals surface area contributed by atoms with Crippen LogP contribution in [0.3, 0.4) is 0 Å². The van der Waals surface area contributed by atoms with Crippen molar-refractivity contribution in [2.24, 2.45) is 5.92 Å². The standard InChI is InChI=1S/C19H23FN2O2/c1-14-8-10-22(11-9-14)17(18-3-2-12-24-18)13-21-19(23)15-4-6-16(20)7-5-15/h2-7,12,14,17H,8-11,13H2,1H3,(H,21,23). The summed E-state index contributed by atoms with van der Waals surface area (Å²) in [6, 6.07) is 9.43. The van der Waals surface area contributed by atoms with E-state index in [4.69, 9.17) is 4.42 Å². The number of hydrogen-bond acceptors (Lipinski definition) is 3. The fraction of sp³-hybridized carbons (Fsp3) is 0.421. The average Bonchev–Trinajstić information content (AvgIpc) is 3.11. The first kappa shape index (κ1) is 16.7. The number of carbonyl (C=O) groups is 1. The molecule has 1 atom stereocenters. The lowest BCUT2D eigenvalue weighted by Gasteiger charge is -2.35. The van der Waals surface area contributed by atoms with Crippen molar-refractivity contribution in [2.45, 2.75) is 25.8 Å². The number of benzene rings is 1. The van der Waals surface area contributed by atoms with Crippen LogP contribution in [0.4, 0.5) is 4.39 Å². The summed E-state index contributed by atoms with van der Waals surface area (Å²) < 4.78 is 18.6. The van der Waals surface area contributed by atoms with E-state index in [2.05, 4.69) is 17.1 Å². The maximum Gasteiger partial charge on any atom is 0.251 e. The third-order valence-corrected chi connectivity index (χ3v) is 4.69. The molecule has 1 aromatic carbocycles. The Morgan fingerprint density at radius 3 is 2.62 bits per heavy atom. The molecular formula is C19H23FN2O2. The van der Waals surface area contributed by atoms with E-state index in [1.807, 2.05) is 12.1 Å². The molecule has 0 spiro atoms. The van der Waals surface area contributed by atoms with E-state index in [-0.39, 0.29) is 17.8 Å². The molecule has 128 valence electrons. The van der Waals surface area contributed by atoms with E-state index < -0.39 is 0 Å². The number of likely N-dealkylation sites (tertiary alicyclic amines) is 1. The molecule has 0 aliphatic carbocycles. The Bertz CT molecular complexity index is 647. The largest absolute Gasteiger partial charge is 0.468 e. The molecule has 5 heteroatoms. The highest BCUT2D eigenvalue weighted by atomic mass is 19.1. The van der Waals surface area contributed by atoms with Crippen LogP contribution < -0.4 is 5.32 Å². The number of carbonyl (C=O) groups excluding carboxylic acids is 1. The second-order valence-electron chi connectivity index (χ2n) is 6.47. The summed E-state index contributed by atoms with van der Waals surface area (Å²) in [7, 11) is 0. The highest BCUT2D eigenvalue weighted by Gasteiger charge is 2.26. The van der Waals surface area contributed by atoms with E-state index in [1.54, 1.807) is 6.26 Å². The van der Waals surface area contributed by atoms with E-state index in [0.29, 0.717) is 12.1 Å². The summed E-state index contributed by atoms with van der Waals surface area (Å²) in [6.07, 6.45) is 3.98. The second-order valence-corrected chi connectivity index (χ2v) is 6.47. The van der Waals surface area contributed by atoms with Crippen molar-refractivity contribution in [3.05, 3.63) is 59.8 Å². The Kier molecular flexibility index (Phi) is 5.30. The zero-order chi connectivity index (χ0) is 16.9. The van der Waals surface area contributed by atoms with Crippen LogP contribution in [0, 0.1) is 11.7 Å². The summed E-state index contributed by atoms with van der Waals surface area (Å²) in [5.41, 5.74) is 0.460. The molecule has 2 heterocycles. The number of rotatable bonds is 5. The van der Waals surface area contributed by atoms with Crippen molar-refractivity contribution in [3.63, 3.8) is 0 Å². The van der Waals surface area contributed by atoms with Gasteiger partial charge in [-0.25, -0.2) is 4.39 Å². The van der Waals surface area contributed by atoms with E-state index in [0.717, 1.165) is 37.6 Å². The van der Waals surface area contributed by atoms with Gasteiger partial charge in [0.25, 0.3) is 5.91 Å². The van der Waals surface area contributed by atoms with Gasteiger partial charge in [-0.15, -0.1) is 0 Å². The Labute approximate surface area is 141 Å². The molecule has 24 heavy (non-hydrogen) atoms. The number of nitrogens with one attached hydrogen (secondary N) is 1. The van der Waals surface area contributed by atoms with Gasteiger partial charge in [-0.05, 0) is 68.2 Å². The molecule has 1 amide bonds. The number of nitrogens with zero attached hydrogens (tertiary/aromatic N) is 1. The van der Waals surface area contributed by atoms with Gasteiger partial charge >= 0.3 is 0 Å². The summed E-state index contributed by atoms with van der Waals surface area (Å²) >= 11 is 0. The number of furan rings is 1. The lowest BCUT2D eigenvalue weighted by molar-refractivity contribution is 0.0895. The van der Waals surface area contributed by atoms with Gasteiger partial charge < -0.3 is 9.73 Å². The molecule has 0 bridgehead atoms. The van der Waals surface area contributed by atoms with Crippen LogP contribution in [0.1, 0.15) is 41.9 Å².